The molecule has 0 bridgehead atoms. The Balaban J connectivity index is -0.000000114. The zero-order valence-corrected chi connectivity index (χ0v) is 8.89. The number of rotatable bonds is 0. The average Bonchev–Trinajstić information content (AvgIpc) is 2.14. The molecule has 0 radical (unpaired) electrons. The summed E-state index contributed by atoms with van der Waals surface area (Å²) in [7, 11) is 1.00. The summed E-state index contributed by atoms with van der Waals surface area (Å²) in [5.41, 5.74) is 0. The van der Waals surface area contributed by atoms with Gasteiger partial charge < -0.3 is 5.11 Å². The van der Waals surface area contributed by atoms with Gasteiger partial charge in [0, 0.05) is 54.0 Å². The Bertz CT molecular complexity index is 81.5. The minimum Gasteiger partial charge on any atom is -0.400 e. The van der Waals surface area contributed by atoms with Crippen molar-refractivity contribution in [2.75, 3.05) is 7.11 Å². The fraction of sp³-hybridized carbons (Fsp3) is 0.333. The van der Waals surface area contributed by atoms with Crippen LogP contribution in [0.4, 0.5) is 0 Å². The summed E-state index contributed by atoms with van der Waals surface area (Å²) in [6, 6.07) is 12.0. The van der Waals surface area contributed by atoms with Crippen LogP contribution in [0.1, 0.15) is 13.8 Å². The third-order valence-electron chi connectivity index (χ3n) is 0.667. The maximum atomic E-state index is 7.00. The molecule has 1 aromatic rings. The third kappa shape index (κ3) is 18.0. The van der Waals surface area contributed by atoms with Gasteiger partial charge in [-0.1, -0.05) is 50.2 Å². The predicted octanol–water partition coefficient (Wildman–Crippen LogP) is 2.32. The van der Waals surface area contributed by atoms with Gasteiger partial charge in [-0.25, -0.2) is 0 Å². The molecule has 0 saturated heterocycles. The first-order valence-electron chi connectivity index (χ1n) is 3.45. The molecule has 1 aromatic carbocycles. The molecule has 2 heteroatoms. The molecule has 0 saturated carbocycles. The predicted molar refractivity (Wildman–Crippen MR) is 45.9 cm³/mol. The van der Waals surface area contributed by atoms with Crippen molar-refractivity contribution in [1.82, 2.24) is 0 Å². The molecule has 72 valence electrons. The van der Waals surface area contributed by atoms with Crippen molar-refractivity contribution in [3.8, 4) is 0 Å². The molecular weight excluding hydrogens is 297 g/mol. The van der Waals surface area contributed by atoms with Crippen LogP contribution < -0.4 is 0 Å². The van der Waals surface area contributed by atoms with E-state index in [1.54, 1.807) is 0 Å². The van der Waals surface area contributed by atoms with Gasteiger partial charge in [0.2, 0.25) is 0 Å². The fourth-order valence-corrected chi connectivity index (χ4v) is 0.385. The van der Waals surface area contributed by atoms with Gasteiger partial charge in [0.05, 0.1) is 0 Å². The maximum absolute atomic E-state index is 7.00. The number of aliphatic hydroxyl groups is 1. The maximum Gasteiger partial charge on any atom is 0.0319 e. The Morgan fingerprint density at radius 1 is 0.636 bits per heavy atom. The quantitative estimate of drug-likeness (QED) is 0.779. The van der Waals surface area contributed by atoms with E-state index >= 15 is 0 Å². The molecule has 0 heterocycles. The summed E-state index contributed by atoms with van der Waals surface area (Å²) >= 11 is 0. The van der Waals surface area contributed by atoms with Crippen molar-refractivity contribution in [3.05, 3.63) is 36.4 Å². The van der Waals surface area contributed by atoms with Crippen molar-refractivity contribution in [2.24, 2.45) is 0 Å². The van der Waals surface area contributed by atoms with Crippen LogP contribution in [0.2, 0.25) is 0 Å². The van der Waals surface area contributed by atoms with Crippen LogP contribution >= 0.6 is 0 Å². The number of hydrogen-bond acceptors (Lipinski definition) is 1. The second-order valence-electron chi connectivity index (χ2n) is 1.15. The standard InChI is InChI=1S/C6H6.C2H6.CH4O.Yb/c1-2-4-6-5-3-1;2*1-2;/h1-6H;1-2H3;2H,1H3;. The smallest absolute Gasteiger partial charge is 0.0319 e. The first kappa shape index (κ1) is 17.7. The van der Waals surface area contributed by atoms with E-state index in [0.717, 1.165) is 7.11 Å². The van der Waals surface area contributed by atoms with Crippen LogP contribution in [0.15, 0.2) is 36.4 Å². The van der Waals surface area contributed by atoms with E-state index in [-0.39, 0.29) is 46.9 Å². The minimum atomic E-state index is 0. The molecule has 1 N–H and O–H groups in total. The molecule has 0 amide bonds. The van der Waals surface area contributed by atoms with E-state index in [4.69, 9.17) is 5.11 Å². The Morgan fingerprint density at radius 2 is 0.727 bits per heavy atom. The SMILES string of the molecule is CC.CO.[Yb].c1ccccc1. The molecule has 0 fully saturated rings. The van der Waals surface area contributed by atoms with Crippen LogP contribution in [0.25, 0.3) is 0 Å². The Hall–Kier alpha value is 0.699. The summed E-state index contributed by atoms with van der Waals surface area (Å²) in [5.74, 6) is 0. The Morgan fingerprint density at radius 3 is 0.818 bits per heavy atom. The van der Waals surface area contributed by atoms with E-state index < -0.39 is 0 Å². The van der Waals surface area contributed by atoms with Gasteiger partial charge in [-0.3, -0.25) is 0 Å². The van der Waals surface area contributed by atoms with E-state index in [1.165, 1.54) is 0 Å². The van der Waals surface area contributed by atoms with E-state index in [9.17, 15) is 0 Å². The zero-order chi connectivity index (χ0) is 8.24. The van der Waals surface area contributed by atoms with E-state index in [2.05, 4.69) is 0 Å². The number of hydrogen-bond donors (Lipinski definition) is 1. The second kappa shape index (κ2) is 22.4. The normalized spacial score (nSPS) is 5.45. The fourth-order valence-electron chi connectivity index (χ4n) is 0.385. The molecule has 1 rings (SSSR count). The average molecular weight is 313 g/mol. The van der Waals surface area contributed by atoms with Crippen LogP contribution in [-0.4, -0.2) is 12.2 Å². The van der Waals surface area contributed by atoms with E-state index in [0.29, 0.717) is 0 Å². The molecule has 0 aromatic heterocycles. The summed E-state index contributed by atoms with van der Waals surface area (Å²) < 4.78 is 0. The Labute approximate surface area is 108 Å². The number of benzene rings is 1. The largest absolute Gasteiger partial charge is 0.400 e. The summed E-state index contributed by atoms with van der Waals surface area (Å²) in [6.45, 7) is 4.00. The molecule has 0 aliphatic rings. The summed E-state index contributed by atoms with van der Waals surface area (Å²) in [6.07, 6.45) is 0. The topological polar surface area (TPSA) is 20.2 Å². The van der Waals surface area contributed by atoms with E-state index in [1.807, 2.05) is 50.2 Å². The molecular formula is C9H16OYb. The van der Waals surface area contributed by atoms with Crippen LogP contribution in [0.3, 0.4) is 0 Å². The third-order valence-corrected chi connectivity index (χ3v) is 0.667. The van der Waals surface area contributed by atoms with Crippen molar-refractivity contribution < 1.29 is 52.0 Å². The van der Waals surface area contributed by atoms with Crippen LogP contribution in [0.5, 0.6) is 0 Å². The molecule has 1 nitrogen and oxygen atoms in total. The van der Waals surface area contributed by atoms with Crippen molar-refractivity contribution >= 4 is 0 Å². The molecule has 11 heavy (non-hydrogen) atoms. The van der Waals surface area contributed by atoms with Gasteiger partial charge in [0.15, 0.2) is 0 Å². The molecule has 0 aliphatic carbocycles. The molecule has 0 atom stereocenters. The minimum absolute atomic E-state index is 0. The molecule has 0 spiro atoms. The van der Waals surface area contributed by atoms with Gasteiger partial charge in [0.25, 0.3) is 0 Å². The summed E-state index contributed by atoms with van der Waals surface area (Å²) in [5, 5.41) is 7.00. The van der Waals surface area contributed by atoms with Gasteiger partial charge >= 0.3 is 0 Å². The van der Waals surface area contributed by atoms with Crippen LogP contribution in [-0.2, 0) is 0 Å². The first-order valence-corrected chi connectivity index (χ1v) is 3.45. The van der Waals surface area contributed by atoms with Crippen molar-refractivity contribution in [1.29, 1.82) is 0 Å². The van der Waals surface area contributed by atoms with Crippen LogP contribution in [0, 0.1) is 46.9 Å². The molecule has 0 unspecified atom stereocenters. The monoisotopic (exact) mass is 314 g/mol. The Kier molecular flexibility index (Phi) is 36.1. The number of aliphatic hydroxyl groups excluding tert-OH is 1. The second-order valence-corrected chi connectivity index (χ2v) is 1.15. The van der Waals surface area contributed by atoms with Gasteiger partial charge in [0.1, 0.15) is 0 Å². The molecule has 0 aliphatic heterocycles. The van der Waals surface area contributed by atoms with Crippen molar-refractivity contribution in [2.45, 2.75) is 13.8 Å². The summed E-state index contributed by atoms with van der Waals surface area (Å²) in [4.78, 5) is 0. The van der Waals surface area contributed by atoms with Crippen molar-refractivity contribution in [3.63, 3.8) is 0 Å². The van der Waals surface area contributed by atoms with Gasteiger partial charge in [-0.05, 0) is 0 Å². The van der Waals surface area contributed by atoms with Gasteiger partial charge in [-0.2, -0.15) is 0 Å². The first-order chi connectivity index (χ1) is 5.00. The zero-order valence-electron chi connectivity index (χ0n) is 7.18. The van der Waals surface area contributed by atoms with Gasteiger partial charge in [-0.15, -0.1) is 0 Å².